The van der Waals surface area contributed by atoms with Crippen LogP contribution in [0.1, 0.15) is 18.9 Å². The topological polar surface area (TPSA) is 37.8 Å². The maximum absolute atomic E-state index is 13.1. The molecule has 0 saturated carbocycles. The summed E-state index contributed by atoms with van der Waals surface area (Å²) in [4.78, 5) is 0. The van der Waals surface area contributed by atoms with E-state index in [-0.39, 0.29) is 5.82 Å². The molecule has 0 aliphatic heterocycles. The Morgan fingerprint density at radius 3 is 2.83 bits per heavy atom. The number of hydrogen-bond acceptors (Lipinski definition) is 4. The molecule has 0 fully saturated rings. The van der Waals surface area contributed by atoms with Crippen LogP contribution in [0, 0.1) is 5.82 Å². The van der Waals surface area contributed by atoms with Gasteiger partial charge in [-0.25, -0.2) is 4.39 Å². The largest absolute Gasteiger partial charge is 0.308 e. The molecular formula is C12H13BrFN3S. The molecule has 1 heterocycles. The molecule has 0 unspecified atom stereocenters. The number of nitrogens with one attached hydrogen (secondary N) is 1. The van der Waals surface area contributed by atoms with E-state index in [2.05, 4.69) is 45.3 Å². The minimum absolute atomic E-state index is 0.273. The molecule has 18 heavy (non-hydrogen) atoms. The van der Waals surface area contributed by atoms with Crippen molar-refractivity contribution in [2.75, 3.05) is 0 Å². The fraction of sp³-hybridized carbons (Fsp3) is 0.333. The van der Waals surface area contributed by atoms with Crippen LogP contribution in [0.5, 0.6) is 0 Å². The van der Waals surface area contributed by atoms with Gasteiger partial charge < -0.3 is 5.32 Å². The third-order valence-electron chi connectivity index (χ3n) is 2.29. The van der Waals surface area contributed by atoms with E-state index in [9.17, 15) is 4.39 Å². The van der Waals surface area contributed by atoms with E-state index in [4.69, 9.17) is 0 Å². The molecule has 0 saturated heterocycles. The smallest absolute Gasteiger partial charge is 0.147 e. The van der Waals surface area contributed by atoms with Crippen LogP contribution >= 0.6 is 27.3 Å². The van der Waals surface area contributed by atoms with Crippen molar-refractivity contribution >= 4 is 27.3 Å². The summed E-state index contributed by atoms with van der Waals surface area (Å²) in [5, 5.41) is 13.3. The van der Waals surface area contributed by atoms with E-state index >= 15 is 0 Å². The monoisotopic (exact) mass is 329 g/mol. The summed E-state index contributed by atoms with van der Waals surface area (Å²) >= 11 is 4.68. The van der Waals surface area contributed by atoms with Gasteiger partial charge in [0.15, 0.2) is 0 Å². The molecule has 2 rings (SSSR count). The highest BCUT2D eigenvalue weighted by Gasteiger charge is 2.09. The summed E-state index contributed by atoms with van der Waals surface area (Å²) in [5.41, 5.74) is 0.872. The standard InChI is InChI=1S/C12H13BrFN3S/c1-7(2)15-6-11-16-17-12(18-11)8-3-4-10(14)9(13)5-8/h3-5,7,15H,6H2,1-2H3. The lowest BCUT2D eigenvalue weighted by molar-refractivity contribution is 0.585. The Hall–Kier alpha value is -0.850. The first kappa shape index (κ1) is 13.6. The zero-order valence-corrected chi connectivity index (χ0v) is 12.5. The van der Waals surface area contributed by atoms with Crippen molar-refractivity contribution < 1.29 is 4.39 Å². The normalized spacial score (nSPS) is 11.2. The third-order valence-corrected chi connectivity index (χ3v) is 3.87. The van der Waals surface area contributed by atoms with Gasteiger partial charge in [0.05, 0.1) is 4.47 Å². The maximum atomic E-state index is 13.1. The van der Waals surface area contributed by atoms with Crippen LogP contribution in [-0.2, 0) is 6.54 Å². The average molecular weight is 330 g/mol. The van der Waals surface area contributed by atoms with Crippen LogP contribution in [0.25, 0.3) is 10.6 Å². The Bertz CT molecular complexity index is 542. The SMILES string of the molecule is CC(C)NCc1nnc(-c2ccc(F)c(Br)c2)s1. The zero-order chi connectivity index (χ0) is 13.1. The van der Waals surface area contributed by atoms with Gasteiger partial charge in [-0.15, -0.1) is 10.2 Å². The minimum atomic E-state index is -0.273. The first-order valence-electron chi connectivity index (χ1n) is 5.57. The maximum Gasteiger partial charge on any atom is 0.147 e. The molecule has 1 aromatic heterocycles. The second kappa shape index (κ2) is 5.86. The van der Waals surface area contributed by atoms with Gasteiger partial charge in [0.2, 0.25) is 0 Å². The van der Waals surface area contributed by atoms with E-state index in [1.807, 2.05) is 0 Å². The third kappa shape index (κ3) is 3.34. The predicted molar refractivity (Wildman–Crippen MR) is 75.0 cm³/mol. The fourth-order valence-electron chi connectivity index (χ4n) is 1.36. The Kier molecular flexibility index (Phi) is 4.42. The van der Waals surface area contributed by atoms with Crippen LogP contribution in [-0.4, -0.2) is 16.2 Å². The highest BCUT2D eigenvalue weighted by molar-refractivity contribution is 9.10. The van der Waals surface area contributed by atoms with Gasteiger partial charge >= 0.3 is 0 Å². The number of rotatable bonds is 4. The quantitative estimate of drug-likeness (QED) is 0.931. The van der Waals surface area contributed by atoms with Gasteiger partial charge in [0, 0.05) is 18.2 Å². The first-order chi connectivity index (χ1) is 8.56. The van der Waals surface area contributed by atoms with E-state index in [1.54, 1.807) is 12.1 Å². The van der Waals surface area contributed by atoms with E-state index in [1.165, 1.54) is 17.4 Å². The highest BCUT2D eigenvalue weighted by Crippen LogP contribution is 2.27. The Balaban J connectivity index is 2.16. The number of benzene rings is 1. The van der Waals surface area contributed by atoms with E-state index in [0.717, 1.165) is 15.6 Å². The summed E-state index contributed by atoms with van der Waals surface area (Å²) in [5.74, 6) is -0.273. The first-order valence-corrected chi connectivity index (χ1v) is 7.18. The van der Waals surface area contributed by atoms with Gasteiger partial charge in [-0.2, -0.15) is 0 Å². The summed E-state index contributed by atoms with van der Waals surface area (Å²) in [6, 6.07) is 5.26. The number of nitrogens with zero attached hydrogens (tertiary/aromatic N) is 2. The molecule has 0 aliphatic carbocycles. The van der Waals surface area contributed by atoms with Crippen LogP contribution in [0.15, 0.2) is 22.7 Å². The average Bonchev–Trinajstić information content (AvgIpc) is 2.79. The van der Waals surface area contributed by atoms with Crippen molar-refractivity contribution in [3.05, 3.63) is 33.5 Å². The van der Waals surface area contributed by atoms with E-state index < -0.39 is 0 Å². The molecule has 96 valence electrons. The lowest BCUT2D eigenvalue weighted by atomic mass is 10.2. The predicted octanol–water partition coefficient (Wildman–Crippen LogP) is 3.60. The lowest BCUT2D eigenvalue weighted by Crippen LogP contribution is -2.21. The number of hydrogen-bond donors (Lipinski definition) is 1. The molecule has 3 nitrogen and oxygen atoms in total. The van der Waals surface area contributed by atoms with Gasteiger partial charge in [-0.3, -0.25) is 0 Å². The van der Waals surface area contributed by atoms with Crippen molar-refractivity contribution in [2.24, 2.45) is 0 Å². The fourth-order valence-corrected chi connectivity index (χ4v) is 2.53. The molecule has 0 atom stereocenters. The van der Waals surface area contributed by atoms with Gasteiger partial charge in [-0.05, 0) is 34.1 Å². The Morgan fingerprint density at radius 1 is 1.39 bits per heavy atom. The zero-order valence-electron chi connectivity index (χ0n) is 10.1. The van der Waals surface area contributed by atoms with Crippen LogP contribution in [0.3, 0.4) is 0 Å². The van der Waals surface area contributed by atoms with Crippen molar-refractivity contribution in [3.63, 3.8) is 0 Å². The Morgan fingerprint density at radius 2 is 2.17 bits per heavy atom. The summed E-state index contributed by atoms with van der Waals surface area (Å²) < 4.78 is 13.6. The number of halogens is 2. The second-order valence-electron chi connectivity index (χ2n) is 4.17. The molecule has 0 radical (unpaired) electrons. The molecule has 0 bridgehead atoms. The molecular weight excluding hydrogens is 317 g/mol. The molecule has 0 spiro atoms. The summed E-state index contributed by atoms with van der Waals surface area (Å²) in [6.45, 7) is 4.87. The highest BCUT2D eigenvalue weighted by atomic mass is 79.9. The summed E-state index contributed by atoms with van der Waals surface area (Å²) in [7, 11) is 0. The number of aromatic nitrogens is 2. The molecule has 6 heteroatoms. The van der Waals surface area contributed by atoms with Crippen molar-refractivity contribution in [2.45, 2.75) is 26.4 Å². The van der Waals surface area contributed by atoms with Crippen molar-refractivity contribution in [1.29, 1.82) is 0 Å². The molecule has 1 aromatic carbocycles. The van der Waals surface area contributed by atoms with Gasteiger partial charge in [0.25, 0.3) is 0 Å². The van der Waals surface area contributed by atoms with Crippen LogP contribution in [0.4, 0.5) is 4.39 Å². The molecule has 0 aliphatic rings. The lowest BCUT2D eigenvalue weighted by Gasteiger charge is -2.03. The molecule has 1 N–H and O–H groups in total. The van der Waals surface area contributed by atoms with Crippen molar-refractivity contribution in [3.8, 4) is 10.6 Å². The summed E-state index contributed by atoms with van der Waals surface area (Å²) in [6.07, 6.45) is 0. The molecule has 2 aromatic rings. The second-order valence-corrected chi connectivity index (χ2v) is 6.08. The van der Waals surface area contributed by atoms with E-state index in [0.29, 0.717) is 17.1 Å². The molecule has 0 amide bonds. The van der Waals surface area contributed by atoms with Gasteiger partial charge in [0.1, 0.15) is 15.8 Å². The van der Waals surface area contributed by atoms with Crippen molar-refractivity contribution in [1.82, 2.24) is 15.5 Å². The van der Waals surface area contributed by atoms with Gasteiger partial charge in [-0.1, -0.05) is 25.2 Å². The Labute approximate surface area is 118 Å². The van der Waals surface area contributed by atoms with Crippen LogP contribution < -0.4 is 5.32 Å². The van der Waals surface area contributed by atoms with Crippen LogP contribution in [0.2, 0.25) is 0 Å². The minimum Gasteiger partial charge on any atom is -0.308 e.